The number of nitrogens with two attached hydrogens (primary N) is 1. The Morgan fingerprint density at radius 1 is 1.11 bits per heavy atom. The fourth-order valence-electron chi connectivity index (χ4n) is 3.90. The highest BCUT2D eigenvalue weighted by atomic mass is 16.5. The van der Waals surface area contributed by atoms with Gasteiger partial charge in [-0.3, -0.25) is 23.9 Å². The fraction of sp³-hybridized carbons (Fsp3) is 0.333. The Morgan fingerprint density at radius 3 is 2.42 bits per heavy atom. The maximum atomic E-state index is 13.6. The first kappa shape index (κ1) is 26.5. The third kappa shape index (κ3) is 6.10. The standard InChI is InChI=1S/C27H32N4O5/c1-17(2)12-13-30(23(33)15-21-14-20(18(3)32)10-11-22(21)36-4)24-25(28)31(27(35)29-26(24)34)16-19-8-6-5-7-9-19/h5-11,14,17H,12-13,15-16,28H2,1-4H3,(H,29,34,35). The number of nitrogens with one attached hydrogen (secondary N) is 1. The van der Waals surface area contributed by atoms with Crippen LogP contribution in [0.3, 0.4) is 0 Å². The van der Waals surface area contributed by atoms with E-state index in [0.29, 0.717) is 23.3 Å². The molecule has 1 amide bonds. The summed E-state index contributed by atoms with van der Waals surface area (Å²) in [5, 5.41) is 0. The molecule has 2 aromatic carbocycles. The Balaban J connectivity index is 2.07. The monoisotopic (exact) mass is 492 g/mol. The maximum absolute atomic E-state index is 13.6. The van der Waals surface area contributed by atoms with E-state index in [9.17, 15) is 19.2 Å². The molecule has 3 N–H and O–H groups in total. The second-order valence-electron chi connectivity index (χ2n) is 9.05. The first-order valence-electron chi connectivity index (χ1n) is 11.8. The molecule has 0 bridgehead atoms. The number of hydrogen-bond acceptors (Lipinski definition) is 6. The number of H-pyrrole nitrogens is 1. The lowest BCUT2D eigenvalue weighted by Gasteiger charge is -2.26. The SMILES string of the molecule is COc1ccc(C(C)=O)cc1CC(=O)N(CCC(C)C)c1c(N)n(Cc2ccccc2)c(=O)[nH]c1=O. The maximum Gasteiger partial charge on any atom is 0.330 e. The average Bonchev–Trinajstić information content (AvgIpc) is 2.84. The van der Waals surface area contributed by atoms with Crippen LogP contribution in [0.4, 0.5) is 11.5 Å². The second-order valence-corrected chi connectivity index (χ2v) is 9.05. The van der Waals surface area contributed by atoms with Gasteiger partial charge < -0.3 is 15.4 Å². The van der Waals surface area contributed by atoms with Gasteiger partial charge in [-0.05, 0) is 43.0 Å². The van der Waals surface area contributed by atoms with Crippen LogP contribution in [-0.2, 0) is 17.8 Å². The topological polar surface area (TPSA) is 127 Å². The van der Waals surface area contributed by atoms with Crippen molar-refractivity contribution in [3.8, 4) is 5.75 Å². The number of aromatic nitrogens is 2. The Bertz CT molecular complexity index is 1360. The lowest BCUT2D eigenvalue weighted by atomic mass is 10.0. The van der Waals surface area contributed by atoms with E-state index in [1.807, 2.05) is 44.2 Å². The van der Waals surface area contributed by atoms with Crippen molar-refractivity contribution in [2.24, 2.45) is 5.92 Å². The number of ketones is 1. The molecule has 0 aliphatic rings. The number of methoxy groups -OCH3 is 1. The van der Waals surface area contributed by atoms with Crippen molar-refractivity contribution in [1.29, 1.82) is 0 Å². The molecule has 190 valence electrons. The van der Waals surface area contributed by atoms with Crippen LogP contribution in [0.15, 0.2) is 58.1 Å². The van der Waals surface area contributed by atoms with E-state index < -0.39 is 17.2 Å². The molecular formula is C27H32N4O5. The number of carbonyl (C=O) groups is 2. The number of nitrogens with zero attached hydrogens (tertiary/aromatic N) is 2. The van der Waals surface area contributed by atoms with Gasteiger partial charge in [0, 0.05) is 17.7 Å². The van der Waals surface area contributed by atoms with Crippen molar-refractivity contribution < 1.29 is 14.3 Å². The van der Waals surface area contributed by atoms with Crippen molar-refractivity contribution in [3.63, 3.8) is 0 Å². The molecular weight excluding hydrogens is 460 g/mol. The lowest BCUT2D eigenvalue weighted by Crippen LogP contribution is -2.42. The fourth-order valence-corrected chi connectivity index (χ4v) is 3.90. The number of benzene rings is 2. The molecule has 1 heterocycles. The number of Topliss-reactive ketones (excluding diaryl/α,β-unsaturated/α-hetero) is 1. The molecule has 3 rings (SSSR count). The van der Waals surface area contributed by atoms with E-state index >= 15 is 0 Å². The lowest BCUT2D eigenvalue weighted by molar-refractivity contribution is -0.118. The number of ether oxygens (including phenoxy) is 1. The molecule has 0 saturated carbocycles. The van der Waals surface area contributed by atoms with Gasteiger partial charge >= 0.3 is 5.69 Å². The molecule has 9 heteroatoms. The first-order valence-corrected chi connectivity index (χ1v) is 11.8. The summed E-state index contributed by atoms with van der Waals surface area (Å²) in [5.41, 5.74) is 6.68. The molecule has 0 spiro atoms. The summed E-state index contributed by atoms with van der Waals surface area (Å²) in [5.74, 6) is 0.0575. The molecule has 0 fully saturated rings. The molecule has 1 aromatic heterocycles. The van der Waals surface area contributed by atoms with Crippen LogP contribution in [-0.4, -0.2) is 34.9 Å². The predicted octanol–water partition coefficient (Wildman–Crippen LogP) is 3.00. The molecule has 0 radical (unpaired) electrons. The number of nitrogen functional groups attached to an aromatic ring is 1. The zero-order valence-corrected chi connectivity index (χ0v) is 21.0. The quantitative estimate of drug-likeness (QED) is 0.419. The van der Waals surface area contributed by atoms with Crippen LogP contribution in [0.2, 0.25) is 0 Å². The number of hydrogen-bond donors (Lipinski definition) is 2. The Kier molecular flexibility index (Phi) is 8.47. The summed E-state index contributed by atoms with van der Waals surface area (Å²) < 4.78 is 6.64. The molecule has 0 unspecified atom stereocenters. The minimum Gasteiger partial charge on any atom is -0.496 e. The largest absolute Gasteiger partial charge is 0.496 e. The number of aromatic amines is 1. The Labute approximate surface area is 209 Å². The molecule has 9 nitrogen and oxygen atoms in total. The number of rotatable bonds is 10. The zero-order chi connectivity index (χ0) is 26.4. The van der Waals surface area contributed by atoms with Gasteiger partial charge in [-0.15, -0.1) is 0 Å². The molecule has 0 atom stereocenters. The van der Waals surface area contributed by atoms with Gasteiger partial charge in [0.2, 0.25) is 5.91 Å². The van der Waals surface area contributed by atoms with Crippen LogP contribution in [0.25, 0.3) is 0 Å². The van der Waals surface area contributed by atoms with Gasteiger partial charge in [0.15, 0.2) is 11.5 Å². The average molecular weight is 493 g/mol. The second kappa shape index (κ2) is 11.5. The Morgan fingerprint density at radius 2 is 1.81 bits per heavy atom. The van der Waals surface area contributed by atoms with Crippen molar-refractivity contribution in [3.05, 3.63) is 86.1 Å². The summed E-state index contributed by atoms with van der Waals surface area (Å²) in [6.07, 6.45) is 0.478. The van der Waals surface area contributed by atoms with Gasteiger partial charge in [-0.1, -0.05) is 44.2 Å². The van der Waals surface area contributed by atoms with Gasteiger partial charge in [-0.25, -0.2) is 4.79 Å². The molecule has 3 aromatic rings. The normalized spacial score (nSPS) is 10.9. The van der Waals surface area contributed by atoms with E-state index in [2.05, 4.69) is 4.98 Å². The van der Waals surface area contributed by atoms with Crippen molar-refractivity contribution in [2.75, 3.05) is 24.3 Å². The highest BCUT2D eigenvalue weighted by Crippen LogP contribution is 2.25. The Hall–Kier alpha value is -4.14. The van der Waals surface area contributed by atoms with Crippen LogP contribution < -0.4 is 26.6 Å². The number of carbonyl (C=O) groups excluding carboxylic acids is 2. The summed E-state index contributed by atoms with van der Waals surface area (Å²) in [6, 6.07) is 14.1. The summed E-state index contributed by atoms with van der Waals surface area (Å²) in [7, 11) is 1.48. The third-order valence-electron chi connectivity index (χ3n) is 5.93. The van der Waals surface area contributed by atoms with Crippen LogP contribution in [0, 0.1) is 5.92 Å². The smallest absolute Gasteiger partial charge is 0.330 e. The van der Waals surface area contributed by atoms with Crippen LogP contribution in [0.5, 0.6) is 5.75 Å². The van der Waals surface area contributed by atoms with E-state index in [1.165, 1.54) is 23.5 Å². The van der Waals surface area contributed by atoms with E-state index in [-0.39, 0.29) is 42.7 Å². The molecule has 36 heavy (non-hydrogen) atoms. The molecule has 0 saturated heterocycles. The van der Waals surface area contributed by atoms with Gasteiger partial charge in [0.25, 0.3) is 5.56 Å². The molecule has 0 aliphatic heterocycles. The van der Waals surface area contributed by atoms with Crippen molar-refractivity contribution in [1.82, 2.24) is 9.55 Å². The van der Waals surface area contributed by atoms with Gasteiger partial charge in [0.05, 0.1) is 20.1 Å². The van der Waals surface area contributed by atoms with Gasteiger partial charge in [-0.2, -0.15) is 0 Å². The van der Waals surface area contributed by atoms with E-state index in [0.717, 1.165) is 5.56 Å². The zero-order valence-electron chi connectivity index (χ0n) is 21.0. The number of anilines is 2. The minimum atomic E-state index is -0.733. The van der Waals surface area contributed by atoms with Crippen molar-refractivity contribution in [2.45, 2.75) is 40.2 Å². The molecule has 0 aliphatic carbocycles. The summed E-state index contributed by atoms with van der Waals surface area (Å²) >= 11 is 0. The predicted molar refractivity (Wildman–Crippen MR) is 140 cm³/mol. The third-order valence-corrected chi connectivity index (χ3v) is 5.93. The summed E-state index contributed by atoms with van der Waals surface area (Å²) in [4.78, 5) is 54.7. The van der Waals surface area contributed by atoms with Crippen LogP contribution in [0.1, 0.15) is 48.7 Å². The highest BCUT2D eigenvalue weighted by molar-refractivity contribution is 5.98. The van der Waals surface area contributed by atoms with Gasteiger partial charge in [0.1, 0.15) is 11.6 Å². The highest BCUT2D eigenvalue weighted by Gasteiger charge is 2.25. The minimum absolute atomic E-state index is 0.0714. The van der Waals surface area contributed by atoms with E-state index in [1.54, 1.807) is 18.2 Å². The summed E-state index contributed by atoms with van der Waals surface area (Å²) in [6.45, 7) is 5.81. The van der Waals surface area contributed by atoms with Crippen LogP contribution >= 0.6 is 0 Å². The van der Waals surface area contributed by atoms with E-state index in [4.69, 9.17) is 10.5 Å². The van der Waals surface area contributed by atoms with Crippen molar-refractivity contribution >= 4 is 23.2 Å². The first-order chi connectivity index (χ1) is 17.1. The number of amides is 1.